The number of aromatic nitrogens is 1. The summed E-state index contributed by atoms with van der Waals surface area (Å²) >= 11 is 1.76. The fourth-order valence-electron chi connectivity index (χ4n) is 2.12. The molecule has 0 atom stereocenters. The Labute approximate surface area is 168 Å². The van der Waals surface area contributed by atoms with E-state index in [-0.39, 0.29) is 24.0 Å². The Morgan fingerprint density at radius 1 is 1.21 bits per heavy atom. The van der Waals surface area contributed by atoms with Gasteiger partial charge in [-0.15, -0.1) is 35.3 Å². The number of hydrogen-bond donors (Lipinski definition) is 2. The highest BCUT2D eigenvalue weighted by atomic mass is 127. The quantitative estimate of drug-likeness (QED) is 0.212. The first-order valence-corrected chi connectivity index (χ1v) is 9.65. The van der Waals surface area contributed by atoms with Gasteiger partial charge >= 0.3 is 0 Å². The lowest BCUT2D eigenvalue weighted by molar-refractivity contribution is 0.144. The number of rotatable bonds is 12. The van der Waals surface area contributed by atoms with Gasteiger partial charge in [-0.25, -0.2) is 4.98 Å². The van der Waals surface area contributed by atoms with Crippen LogP contribution < -0.4 is 10.6 Å². The summed E-state index contributed by atoms with van der Waals surface area (Å²) in [4.78, 5) is 9.09. The predicted molar refractivity (Wildman–Crippen MR) is 115 cm³/mol. The van der Waals surface area contributed by atoms with Gasteiger partial charge in [0.2, 0.25) is 0 Å². The summed E-state index contributed by atoms with van der Waals surface area (Å²) in [5.74, 6) is 0.925. The van der Waals surface area contributed by atoms with Gasteiger partial charge in [-0.05, 0) is 52.9 Å². The van der Waals surface area contributed by atoms with Crippen LogP contribution in [0, 0.1) is 6.92 Å². The maximum atomic E-state index is 5.33. The van der Waals surface area contributed by atoms with Crippen LogP contribution in [-0.2, 0) is 11.2 Å². The SMILES string of the molecule is CCNC(=NCCCCOCC)NCCCCc1nc(C)cs1.I. The molecule has 0 amide bonds. The molecule has 0 aliphatic heterocycles. The lowest BCUT2D eigenvalue weighted by Gasteiger charge is -2.11. The third-order valence-corrected chi connectivity index (χ3v) is 4.32. The molecule has 5 nitrogen and oxygen atoms in total. The smallest absolute Gasteiger partial charge is 0.191 e. The van der Waals surface area contributed by atoms with Crippen molar-refractivity contribution in [2.24, 2.45) is 4.99 Å². The number of aryl methyl sites for hydroxylation is 2. The molecule has 7 heteroatoms. The second-order valence-electron chi connectivity index (χ2n) is 5.43. The number of guanidine groups is 1. The summed E-state index contributed by atoms with van der Waals surface area (Å²) in [6.45, 7) is 10.5. The summed E-state index contributed by atoms with van der Waals surface area (Å²) < 4.78 is 5.33. The first kappa shape index (κ1) is 23.6. The van der Waals surface area contributed by atoms with E-state index in [0.29, 0.717) is 0 Å². The summed E-state index contributed by atoms with van der Waals surface area (Å²) in [5.41, 5.74) is 1.13. The molecule has 0 aliphatic rings. The fourth-order valence-corrected chi connectivity index (χ4v) is 2.94. The van der Waals surface area contributed by atoms with Crippen molar-refractivity contribution < 1.29 is 4.74 Å². The molecule has 1 heterocycles. The molecule has 140 valence electrons. The van der Waals surface area contributed by atoms with Gasteiger partial charge in [0.25, 0.3) is 0 Å². The van der Waals surface area contributed by atoms with Crippen LogP contribution in [-0.4, -0.2) is 43.8 Å². The molecular weight excluding hydrogens is 435 g/mol. The van der Waals surface area contributed by atoms with Crippen LogP contribution in [0.2, 0.25) is 0 Å². The summed E-state index contributed by atoms with van der Waals surface area (Å²) in [6, 6.07) is 0. The van der Waals surface area contributed by atoms with Crippen molar-refractivity contribution in [3.63, 3.8) is 0 Å². The molecule has 24 heavy (non-hydrogen) atoms. The van der Waals surface area contributed by atoms with E-state index >= 15 is 0 Å². The van der Waals surface area contributed by atoms with E-state index in [4.69, 9.17) is 4.74 Å². The molecule has 1 rings (SSSR count). The highest BCUT2D eigenvalue weighted by molar-refractivity contribution is 14.0. The lowest BCUT2D eigenvalue weighted by Crippen LogP contribution is -2.37. The highest BCUT2D eigenvalue weighted by Crippen LogP contribution is 2.11. The van der Waals surface area contributed by atoms with Gasteiger partial charge in [0.15, 0.2) is 5.96 Å². The van der Waals surface area contributed by atoms with Gasteiger partial charge in [0.1, 0.15) is 0 Å². The average Bonchev–Trinajstić information content (AvgIpc) is 2.95. The fraction of sp³-hybridized carbons (Fsp3) is 0.765. The molecule has 0 fully saturated rings. The Bertz CT molecular complexity index is 440. The first-order chi connectivity index (χ1) is 11.3. The zero-order valence-electron chi connectivity index (χ0n) is 15.3. The molecule has 0 bridgehead atoms. The minimum Gasteiger partial charge on any atom is -0.382 e. The minimum atomic E-state index is 0. The Balaban J connectivity index is 0.00000529. The number of thiazole rings is 1. The molecule has 0 saturated heterocycles. The predicted octanol–water partition coefficient (Wildman–Crippen LogP) is 3.76. The van der Waals surface area contributed by atoms with E-state index in [1.807, 2.05) is 6.92 Å². The largest absolute Gasteiger partial charge is 0.382 e. The number of ether oxygens (including phenoxy) is 1. The van der Waals surface area contributed by atoms with Crippen molar-refractivity contribution >= 4 is 41.3 Å². The maximum Gasteiger partial charge on any atom is 0.191 e. The summed E-state index contributed by atoms with van der Waals surface area (Å²) in [7, 11) is 0. The third-order valence-electron chi connectivity index (χ3n) is 3.29. The molecule has 0 aliphatic carbocycles. The normalized spacial score (nSPS) is 11.2. The molecule has 2 N–H and O–H groups in total. The number of halogens is 1. The molecule has 0 aromatic carbocycles. The minimum absolute atomic E-state index is 0. The second kappa shape index (κ2) is 16.1. The highest BCUT2D eigenvalue weighted by Gasteiger charge is 2.00. The number of nitrogens with zero attached hydrogens (tertiary/aromatic N) is 2. The third kappa shape index (κ3) is 12.0. The number of nitrogens with one attached hydrogen (secondary N) is 2. The molecule has 0 unspecified atom stereocenters. The van der Waals surface area contributed by atoms with Gasteiger partial charge in [0, 0.05) is 43.9 Å². The van der Waals surface area contributed by atoms with Crippen molar-refractivity contribution in [3.05, 3.63) is 16.1 Å². The molecule has 0 saturated carbocycles. The Hall–Kier alpha value is -0.410. The van der Waals surface area contributed by atoms with Gasteiger partial charge in [0.05, 0.1) is 5.01 Å². The maximum absolute atomic E-state index is 5.33. The van der Waals surface area contributed by atoms with Crippen LogP contribution in [0.25, 0.3) is 0 Å². The molecule has 0 spiro atoms. The lowest BCUT2D eigenvalue weighted by atomic mass is 10.2. The van der Waals surface area contributed by atoms with E-state index in [1.54, 1.807) is 11.3 Å². The molecular formula is C17H33IN4OS. The standard InChI is InChI=1S/C17H32N4OS.HI/c1-4-18-17(20-12-8-9-13-22-5-2)19-11-7-6-10-16-21-15(3)14-23-16;/h14H,4-13H2,1-3H3,(H2,18,19,20);1H. The van der Waals surface area contributed by atoms with Crippen molar-refractivity contribution in [1.29, 1.82) is 0 Å². The molecule has 1 aromatic heterocycles. The Kier molecular flexibility index (Phi) is 15.8. The molecule has 0 radical (unpaired) electrons. The summed E-state index contributed by atoms with van der Waals surface area (Å²) in [6.07, 6.45) is 5.51. The first-order valence-electron chi connectivity index (χ1n) is 8.77. The van der Waals surface area contributed by atoms with Crippen LogP contribution >= 0.6 is 35.3 Å². The summed E-state index contributed by atoms with van der Waals surface area (Å²) in [5, 5.41) is 10.1. The van der Waals surface area contributed by atoms with Crippen molar-refractivity contribution in [1.82, 2.24) is 15.6 Å². The van der Waals surface area contributed by atoms with E-state index in [9.17, 15) is 0 Å². The molecule has 1 aromatic rings. The van der Waals surface area contributed by atoms with E-state index in [1.165, 1.54) is 5.01 Å². The Morgan fingerprint density at radius 2 is 2.04 bits per heavy atom. The number of unbranched alkanes of at least 4 members (excludes halogenated alkanes) is 2. The van der Waals surface area contributed by atoms with Crippen LogP contribution in [0.15, 0.2) is 10.4 Å². The van der Waals surface area contributed by atoms with Crippen LogP contribution in [0.4, 0.5) is 0 Å². The zero-order valence-corrected chi connectivity index (χ0v) is 18.4. The van der Waals surface area contributed by atoms with Crippen molar-refractivity contribution in [2.75, 3.05) is 32.8 Å². The van der Waals surface area contributed by atoms with Crippen molar-refractivity contribution in [3.8, 4) is 0 Å². The van der Waals surface area contributed by atoms with E-state index < -0.39 is 0 Å². The monoisotopic (exact) mass is 468 g/mol. The second-order valence-corrected chi connectivity index (χ2v) is 6.37. The van der Waals surface area contributed by atoms with Crippen molar-refractivity contribution in [2.45, 2.75) is 52.9 Å². The van der Waals surface area contributed by atoms with Gasteiger partial charge in [-0.2, -0.15) is 0 Å². The van der Waals surface area contributed by atoms with Crippen LogP contribution in [0.3, 0.4) is 0 Å². The number of aliphatic imine (C=N–C) groups is 1. The zero-order chi connectivity index (χ0) is 16.8. The van der Waals surface area contributed by atoms with Crippen LogP contribution in [0.1, 0.15) is 50.2 Å². The Morgan fingerprint density at radius 3 is 2.71 bits per heavy atom. The van der Waals surface area contributed by atoms with Gasteiger partial charge in [-0.3, -0.25) is 4.99 Å². The topological polar surface area (TPSA) is 58.5 Å². The van der Waals surface area contributed by atoms with Crippen LogP contribution in [0.5, 0.6) is 0 Å². The van der Waals surface area contributed by atoms with Gasteiger partial charge < -0.3 is 15.4 Å². The van der Waals surface area contributed by atoms with Gasteiger partial charge in [-0.1, -0.05) is 0 Å². The van der Waals surface area contributed by atoms with E-state index in [2.05, 4.69) is 39.8 Å². The van der Waals surface area contributed by atoms with E-state index in [0.717, 1.165) is 76.6 Å². The average molecular weight is 468 g/mol. The number of hydrogen-bond acceptors (Lipinski definition) is 4.